The third-order valence-corrected chi connectivity index (χ3v) is 6.92. The number of benzene rings is 1. The number of alkyl carbamates (subject to hydrolysis) is 1. The summed E-state index contributed by atoms with van der Waals surface area (Å²) in [5.74, 6) is -0.494. The van der Waals surface area contributed by atoms with E-state index < -0.39 is 29.7 Å². The first kappa shape index (κ1) is 36.3. The molecule has 0 aromatic heterocycles. The van der Waals surface area contributed by atoms with E-state index in [-0.39, 0.29) is 31.4 Å². The Bertz CT molecular complexity index is 948. The molecule has 10 heteroatoms. The van der Waals surface area contributed by atoms with Gasteiger partial charge in [-0.3, -0.25) is 14.4 Å². The van der Waals surface area contributed by atoms with E-state index in [0.717, 1.165) is 31.2 Å². The minimum absolute atomic E-state index is 0.0295. The number of thioether (sulfide) groups is 1. The van der Waals surface area contributed by atoms with Gasteiger partial charge < -0.3 is 25.0 Å². The van der Waals surface area contributed by atoms with E-state index in [4.69, 9.17) is 9.47 Å². The van der Waals surface area contributed by atoms with Gasteiger partial charge in [0.2, 0.25) is 11.8 Å². The third-order valence-electron chi connectivity index (χ3n) is 6.27. The van der Waals surface area contributed by atoms with Crippen LogP contribution >= 0.6 is 11.8 Å². The molecule has 0 saturated carbocycles. The molecule has 1 rings (SSSR count). The lowest BCUT2D eigenvalue weighted by Gasteiger charge is -2.34. The van der Waals surface area contributed by atoms with Gasteiger partial charge in [-0.25, -0.2) is 4.79 Å². The van der Waals surface area contributed by atoms with Crippen LogP contribution in [0.5, 0.6) is 0 Å². The van der Waals surface area contributed by atoms with Gasteiger partial charge in [0.1, 0.15) is 17.7 Å². The Morgan fingerprint density at radius 3 is 2.24 bits per heavy atom. The van der Waals surface area contributed by atoms with Crippen LogP contribution in [0.15, 0.2) is 24.3 Å². The van der Waals surface area contributed by atoms with Crippen LogP contribution in [0, 0.1) is 6.92 Å². The SMILES string of the molecule is CCCCCCCN(C(=O)C(CCSC)NC(=O)OC(C)(C)C)C(C(=O)NCCC(=O)OCC)c1ccc(C)cc1. The lowest BCUT2D eigenvalue weighted by atomic mass is 10.00. The molecule has 0 radical (unpaired) electrons. The Labute approximate surface area is 250 Å². The van der Waals surface area contributed by atoms with Crippen molar-refractivity contribution in [3.63, 3.8) is 0 Å². The second kappa shape index (κ2) is 19.4. The maximum absolute atomic E-state index is 14.2. The molecule has 0 aliphatic carbocycles. The lowest BCUT2D eigenvalue weighted by Crippen LogP contribution is -2.53. The summed E-state index contributed by atoms with van der Waals surface area (Å²) in [4.78, 5) is 54.1. The number of hydrogen-bond donors (Lipinski definition) is 2. The molecule has 41 heavy (non-hydrogen) atoms. The number of unbranched alkanes of at least 4 members (excludes halogenated alkanes) is 4. The fourth-order valence-electron chi connectivity index (χ4n) is 4.23. The molecule has 0 bridgehead atoms. The van der Waals surface area contributed by atoms with E-state index in [1.807, 2.05) is 37.4 Å². The van der Waals surface area contributed by atoms with Crippen molar-refractivity contribution in [3.05, 3.63) is 35.4 Å². The zero-order chi connectivity index (χ0) is 30.8. The topological polar surface area (TPSA) is 114 Å². The van der Waals surface area contributed by atoms with Crippen LogP contribution in [0.25, 0.3) is 0 Å². The predicted molar refractivity (Wildman–Crippen MR) is 165 cm³/mol. The summed E-state index contributed by atoms with van der Waals surface area (Å²) in [6.07, 6.45) is 6.53. The van der Waals surface area contributed by atoms with Crippen molar-refractivity contribution in [3.8, 4) is 0 Å². The Balaban J connectivity index is 3.39. The number of hydrogen-bond acceptors (Lipinski definition) is 7. The third kappa shape index (κ3) is 14.6. The molecule has 1 aromatic carbocycles. The number of nitrogens with zero attached hydrogens (tertiary/aromatic N) is 1. The van der Waals surface area contributed by atoms with E-state index in [2.05, 4.69) is 17.6 Å². The number of ether oxygens (including phenoxy) is 2. The Kier molecular flexibility index (Phi) is 17.2. The maximum atomic E-state index is 14.2. The van der Waals surface area contributed by atoms with E-state index >= 15 is 0 Å². The number of aryl methyl sites for hydroxylation is 1. The number of esters is 1. The Morgan fingerprint density at radius 1 is 1.00 bits per heavy atom. The average Bonchev–Trinajstić information content (AvgIpc) is 2.89. The average molecular weight is 594 g/mol. The largest absolute Gasteiger partial charge is 0.466 e. The van der Waals surface area contributed by atoms with E-state index in [1.165, 1.54) is 0 Å². The van der Waals surface area contributed by atoms with Gasteiger partial charge in [-0.2, -0.15) is 11.8 Å². The van der Waals surface area contributed by atoms with Crippen molar-refractivity contribution in [2.75, 3.05) is 31.7 Å². The summed E-state index contributed by atoms with van der Waals surface area (Å²) in [6.45, 7) is 11.8. The van der Waals surface area contributed by atoms with Crippen molar-refractivity contribution in [2.24, 2.45) is 0 Å². The Morgan fingerprint density at radius 2 is 1.66 bits per heavy atom. The first-order valence-corrected chi connectivity index (χ1v) is 16.1. The molecule has 1 aromatic rings. The van der Waals surface area contributed by atoms with Gasteiger partial charge in [-0.05, 0) is 65.0 Å². The molecule has 0 spiro atoms. The number of amides is 3. The monoisotopic (exact) mass is 593 g/mol. The van der Waals surface area contributed by atoms with Crippen LogP contribution in [0.2, 0.25) is 0 Å². The van der Waals surface area contributed by atoms with Crippen LogP contribution in [0.4, 0.5) is 4.79 Å². The van der Waals surface area contributed by atoms with Gasteiger partial charge in [-0.15, -0.1) is 0 Å². The Hall–Kier alpha value is -2.75. The van der Waals surface area contributed by atoms with Gasteiger partial charge in [0, 0.05) is 13.1 Å². The molecule has 9 nitrogen and oxygen atoms in total. The number of carbonyl (C=O) groups excluding carboxylic acids is 4. The number of rotatable bonds is 18. The van der Waals surface area contributed by atoms with Crippen LogP contribution in [-0.4, -0.2) is 72.1 Å². The number of nitrogens with one attached hydrogen (secondary N) is 2. The minimum atomic E-state index is -0.936. The fourth-order valence-corrected chi connectivity index (χ4v) is 4.71. The van der Waals surface area contributed by atoms with Gasteiger partial charge in [-0.1, -0.05) is 62.4 Å². The summed E-state index contributed by atoms with van der Waals surface area (Å²) in [7, 11) is 0. The molecule has 0 aliphatic rings. The first-order chi connectivity index (χ1) is 19.4. The second-order valence-corrected chi connectivity index (χ2v) is 12.1. The fraction of sp³-hybridized carbons (Fsp3) is 0.677. The van der Waals surface area contributed by atoms with E-state index in [9.17, 15) is 19.2 Å². The highest BCUT2D eigenvalue weighted by atomic mass is 32.2. The molecular formula is C31H51N3O6S. The van der Waals surface area contributed by atoms with Gasteiger partial charge in [0.25, 0.3) is 0 Å². The van der Waals surface area contributed by atoms with Crippen molar-refractivity contribution in [1.29, 1.82) is 0 Å². The van der Waals surface area contributed by atoms with Gasteiger partial charge in [0.05, 0.1) is 13.0 Å². The zero-order valence-corrected chi connectivity index (χ0v) is 26.9. The van der Waals surface area contributed by atoms with Gasteiger partial charge >= 0.3 is 12.1 Å². The molecule has 2 unspecified atom stereocenters. The van der Waals surface area contributed by atoms with Crippen molar-refractivity contribution in [2.45, 2.75) is 104 Å². The summed E-state index contributed by atoms with van der Waals surface area (Å²) in [5.41, 5.74) is 0.962. The zero-order valence-electron chi connectivity index (χ0n) is 26.0. The van der Waals surface area contributed by atoms with Crippen molar-refractivity contribution in [1.82, 2.24) is 15.5 Å². The molecule has 0 aliphatic heterocycles. The van der Waals surface area contributed by atoms with Crippen molar-refractivity contribution >= 4 is 35.6 Å². The first-order valence-electron chi connectivity index (χ1n) is 14.7. The standard InChI is InChI=1S/C31H51N3O6S/c1-8-10-11-12-13-21-34(29(37)25(19-22-41-7)33-30(38)40-31(4,5)6)27(24-16-14-23(3)15-17-24)28(36)32-20-18-26(35)39-9-2/h14-17,25,27H,8-13,18-22H2,1-7H3,(H,32,36)(H,33,38). The second-order valence-electron chi connectivity index (χ2n) is 11.1. The molecule has 232 valence electrons. The highest BCUT2D eigenvalue weighted by Gasteiger charge is 2.36. The summed E-state index contributed by atoms with van der Waals surface area (Å²) >= 11 is 1.57. The van der Waals surface area contributed by atoms with Crippen molar-refractivity contribution < 1.29 is 28.7 Å². The van der Waals surface area contributed by atoms with Crippen LogP contribution < -0.4 is 10.6 Å². The van der Waals surface area contributed by atoms with E-state index in [0.29, 0.717) is 30.7 Å². The molecule has 3 amide bonds. The number of carbonyl (C=O) groups is 4. The van der Waals surface area contributed by atoms with Crippen LogP contribution in [0.1, 0.15) is 96.7 Å². The molecule has 0 heterocycles. The molecule has 0 fully saturated rings. The summed E-state index contributed by atoms with van der Waals surface area (Å²) in [6, 6.07) is 5.70. The minimum Gasteiger partial charge on any atom is -0.466 e. The van der Waals surface area contributed by atoms with Gasteiger partial charge in [0.15, 0.2) is 0 Å². The molecule has 0 saturated heterocycles. The predicted octanol–water partition coefficient (Wildman–Crippen LogP) is 5.55. The normalized spacial score (nSPS) is 12.7. The van der Waals surface area contributed by atoms with Crippen LogP contribution in [0.3, 0.4) is 0 Å². The summed E-state index contributed by atoms with van der Waals surface area (Å²) in [5, 5.41) is 5.60. The lowest BCUT2D eigenvalue weighted by molar-refractivity contribution is -0.144. The van der Waals surface area contributed by atoms with E-state index in [1.54, 1.807) is 44.4 Å². The maximum Gasteiger partial charge on any atom is 0.408 e. The quantitative estimate of drug-likeness (QED) is 0.169. The highest BCUT2D eigenvalue weighted by Crippen LogP contribution is 2.25. The molecule has 2 N–H and O–H groups in total. The summed E-state index contributed by atoms with van der Waals surface area (Å²) < 4.78 is 10.4. The highest BCUT2D eigenvalue weighted by molar-refractivity contribution is 7.98. The smallest absolute Gasteiger partial charge is 0.408 e. The van der Waals surface area contributed by atoms with Crippen LogP contribution in [-0.2, 0) is 23.9 Å². The molecule has 2 atom stereocenters. The molecular weight excluding hydrogens is 542 g/mol.